The van der Waals surface area contributed by atoms with E-state index in [4.69, 9.17) is 0 Å². The molecular formula is C8H6BrOS. The molecule has 0 bridgehead atoms. The minimum atomic E-state index is -0.428. The number of hydrogen-bond acceptors (Lipinski definition) is 2. The Balaban J connectivity index is 2.89. The molecule has 1 nitrogen and oxygen atoms in total. The summed E-state index contributed by atoms with van der Waals surface area (Å²) < 4.78 is 0.993. The quantitative estimate of drug-likeness (QED) is 0.772. The van der Waals surface area contributed by atoms with E-state index in [2.05, 4.69) is 28.6 Å². The summed E-state index contributed by atoms with van der Waals surface area (Å²) in [5.41, 5.74) is 0.867. The normalized spacial score (nSPS) is 12.5. The molecule has 0 amide bonds. The van der Waals surface area contributed by atoms with Gasteiger partial charge in [-0.25, -0.2) is 0 Å². The van der Waals surface area contributed by atoms with E-state index < -0.39 is 5.25 Å². The van der Waals surface area contributed by atoms with Crippen LogP contribution in [0.2, 0.25) is 0 Å². The Bertz CT molecular complexity index is 245. The van der Waals surface area contributed by atoms with Gasteiger partial charge in [-0.05, 0) is 17.7 Å². The summed E-state index contributed by atoms with van der Waals surface area (Å²) in [5, 5.41) is -0.428. The second-order valence-corrected chi connectivity index (χ2v) is 3.50. The zero-order valence-corrected chi connectivity index (χ0v) is 8.10. The molecule has 1 unspecified atom stereocenters. The summed E-state index contributed by atoms with van der Waals surface area (Å²) in [6.07, 6.45) is 1.80. The molecule has 0 fully saturated rings. The van der Waals surface area contributed by atoms with Gasteiger partial charge in [-0.1, -0.05) is 28.1 Å². The molecule has 0 saturated heterocycles. The lowest BCUT2D eigenvalue weighted by Crippen LogP contribution is -1.89. The number of halogens is 1. The zero-order valence-electron chi connectivity index (χ0n) is 5.62. The molecular weight excluding hydrogens is 224 g/mol. The van der Waals surface area contributed by atoms with Crippen molar-refractivity contribution in [2.75, 3.05) is 0 Å². The van der Waals surface area contributed by atoms with Crippen LogP contribution in [0.15, 0.2) is 28.7 Å². The lowest BCUT2D eigenvalue weighted by atomic mass is 10.2. The predicted octanol–water partition coefficient (Wildman–Crippen LogP) is 2.53. The lowest BCUT2D eigenvalue weighted by molar-refractivity contribution is 0.554. The molecule has 1 aromatic carbocycles. The predicted molar refractivity (Wildman–Crippen MR) is 51.6 cm³/mol. The van der Waals surface area contributed by atoms with Gasteiger partial charge in [-0.3, -0.25) is 4.79 Å². The summed E-state index contributed by atoms with van der Waals surface area (Å²) in [4.78, 5) is 10.2. The zero-order chi connectivity index (χ0) is 8.27. The third-order valence-electron chi connectivity index (χ3n) is 1.30. The van der Waals surface area contributed by atoms with Crippen molar-refractivity contribution in [3.8, 4) is 0 Å². The molecule has 3 heteroatoms. The molecule has 0 saturated carbocycles. The molecule has 1 radical (unpaired) electrons. The van der Waals surface area contributed by atoms with Gasteiger partial charge in [-0.15, -0.1) is 0 Å². The summed E-state index contributed by atoms with van der Waals surface area (Å²) >= 11 is 7.31. The smallest absolute Gasteiger partial charge is 0.216 e. The first-order valence-electron chi connectivity index (χ1n) is 3.05. The van der Waals surface area contributed by atoms with Crippen molar-refractivity contribution in [1.29, 1.82) is 0 Å². The highest BCUT2D eigenvalue weighted by molar-refractivity contribution is 9.10. The van der Waals surface area contributed by atoms with Crippen molar-refractivity contribution in [3.05, 3.63) is 34.3 Å². The fourth-order valence-corrected chi connectivity index (χ4v) is 1.15. The molecule has 0 aliphatic rings. The molecule has 0 spiro atoms. The van der Waals surface area contributed by atoms with Crippen LogP contribution in [0.3, 0.4) is 0 Å². The molecule has 57 valence electrons. The molecule has 0 aliphatic carbocycles. The molecule has 1 aromatic rings. The largest absolute Gasteiger partial charge is 0.289 e. The van der Waals surface area contributed by atoms with E-state index in [1.807, 2.05) is 24.3 Å². The van der Waals surface area contributed by atoms with Crippen LogP contribution >= 0.6 is 28.6 Å². The molecule has 0 aliphatic heterocycles. The highest BCUT2D eigenvalue weighted by Gasteiger charge is 2.03. The van der Waals surface area contributed by atoms with Gasteiger partial charge in [-0.2, -0.15) is 12.6 Å². The van der Waals surface area contributed by atoms with Gasteiger partial charge in [0, 0.05) is 4.47 Å². The SMILES string of the molecule is O=[C]C(S)c1ccc(Br)cc1. The highest BCUT2D eigenvalue weighted by Crippen LogP contribution is 2.19. The van der Waals surface area contributed by atoms with Crippen molar-refractivity contribution >= 4 is 34.8 Å². The van der Waals surface area contributed by atoms with E-state index in [0.717, 1.165) is 10.0 Å². The van der Waals surface area contributed by atoms with E-state index in [9.17, 15) is 4.79 Å². The van der Waals surface area contributed by atoms with Crippen LogP contribution in [0.4, 0.5) is 0 Å². The van der Waals surface area contributed by atoms with Crippen LogP contribution in [0.1, 0.15) is 10.8 Å². The Kier molecular flexibility index (Phi) is 3.15. The monoisotopic (exact) mass is 229 g/mol. The number of thiol groups is 1. The van der Waals surface area contributed by atoms with Gasteiger partial charge < -0.3 is 0 Å². The number of carbonyl (C=O) groups excluding carboxylic acids is 1. The molecule has 11 heavy (non-hydrogen) atoms. The van der Waals surface area contributed by atoms with Gasteiger partial charge in [0.25, 0.3) is 0 Å². The van der Waals surface area contributed by atoms with E-state index in [1.165, 1.54) is 0 Å². The first-order valence-corrected chi connectivity index (χ1v) is 4.36. The van der Waals surface area contributed by atoms with Crippen LogP contribution in [0.5, 0.6) is 0 Å². The van der Waals surface area contributed by atoms with Crippen molar-refractivity contribution in [1.82, 2.24) is 0 Å². The van der Waals surface area contributed by atoms with Gasteiger partial charge in [0.1, 0.15) is 0 Å². The summed E-state index contributed by atoms with van der Waals surface area (Å²) in [7, 11) is 0. The van der Waals surface area contributed by atoms with Gasteiger partial charge >= 0.3 is 0 Å². The number of benzene rings is 1. The maximum absolute atomic E-state index is 10.2. The van der Waals surface area contributed by atoms with Crippen LogP contribution in [0, 0.1) is 0 Å². The van der Waals surface area contributed by atoms with E-state index >= 15 is 0 Å². The van der Waals surface area contributed by atoms with Gasteiger partial charge in [0.2, 0.25) is 6.29 Å². The van der Waals surface area contributed by atoms with Crippen LogP contribution in [0.25, 0.3) is 0 Å². The van der Waals surface area contributed by atoms with Crippen molar-refractivity contribution in [2.45, 2.75) is 5.25 Å². The Morgan fingerprint density at radius 3 is 2.36 bits per heavy atom. The van der Waals surface area contributed by atoms with Crippen molar-refractivity contribution < 1.29 is 4.79 Å². The standard InChI is InChI=1S/C8H6BrOS/c9-7-3-1-6(2-4-7)8(11)5-10/h1-4,8,11H. The van der Waals surface area contributed by atoms with Crippen LogP contribution in [-0.4, -0.2) is 6.29 Å². The average Bonchev–Trinajstić information content (AvgIpc) is 2.05. The summed E-state index contributed by atoms with van der Waals surface area (Å²) in [5.74, 6) is 0. The topological polar surface area (TPSA) is 17.1 Å². The minimum Gasteiger partial charge on any atom is -0.289 e. The number of rotatable bonds is 2. The van der Waals surface area contributed by atoms with Crippen LogP contribution < -0.4 is 0 Å². The minimum absolute atomic E-state index is 0.428. The number of hydrogen-bond donors (Lipinski definition) is 1. The fraction of sp³-hybridized carbons (Fsp3) is 0.125. The second kappa shape index (κ2) is 3.93. The molecule has 0 aromatic heterocycles. The summed E-state index contributed by atoms with van der Waals surface area (Å²) in [6, 6.07) is 7.42. The second-order valence-electron chi connectivity index (χ2n) is 2.07. The highest BCUT2D eigenvalue weighted by atomic mass is 79.9. The molecule has 1 atom stereocenters. The molecule has 0 N–H and O–H groups in total. The lowest BCUT2D eigenvalue weighted by Gasteiger charge is -2.00. The average molecular weight is 230 g/mol. The first kappa shape index (κ1) is 8.81. The van der Waals surface area contributed by atoms with Crippen molar-refractivity contribution in [2.24, 2.45) is 0 Å². The Morgan fingerprint density at radius 1 is 1.36 bits per heavy atom. The van der Waals surface area contributed by atoms with Gasteiger partial charge in [0.05, 0.1) is 5.25 Å². The molecule has 1 rings (SSSR count). The Hall–Kier alpha value is -0.280. The third-order valence-corrected chi connectivity index (χ3v) is 2.23. The third kappa shape index (κ3) is 2.34. The van der Waals surface area contributed by atoms with E-state index in [1.54, 1.807) is 6.29 Å². The van der Waals surface area contributed by atoms with Crippen LogP contribution in [-0.2, 0) is 4.79 Å². The van der Waals surface area contributed by atoms with Crippen molar-refractivity contribution in [3.63, 3.8) is 0 Å². The van der Waals surface area contributed by atoms with E-state index in [0.29, 0.717) is 0 Å². The Morgan fingerprint density at radius 2 is 1.91 bits per heavy atom. The Labute approximate surface area is 79.3 Å². The summed E-state index contributed by atoms with van der Waals surface area (Å²) in [6.45, 7) is 0. The maximum Gasteiger partial charge on any atom is 0.216 e. The van der Waals surface area contributed by atoms with E-state index in [-0.39, 0.29) is 0 Å². The first-order chi connectivity index (χ1) is 5.24. The fourth-order valence-electron chi connectivity index (χ4n) is 0.713. The van der Waals surface area contributed by atoms with Gasteiger partial charge in [0.15, 0.2) is 0 Å². The maximum atomic E-state index is 10.2. The molecule has 0 heterocycles.